The fourth-order valence-electron chi connectivity index (χ4n) is 4.36. The highest BCUT2D eigenvalue weighted by molar-refractivity contribution is 5.97. The van der Waals surface area contributed by atoms with E-state index >= 15 is 0 Å². The van der Waals surface area contributed by atoms with E-state index in [1.807, 2.05) is 38.2 Å². The van der Waals surface area contributed by atoms with Crippen LogP contribution in [0.5, 0.6) is 0 Å². The molecule has 4 rings (SSSR count). The van der Waals surface area contributed by atoms with E-state index in [0.29, 0.717) is 11.3 Å². The number of Topliss-reactive ketones (excluding diaryl/α,β-unsaturated/α-hetero) is 1. The number of hydrogen-bond acceptors (Lipinski definition) is 7. The summed E-state index contributed by atoms with van der Waals surface area (Å²) in [5.41, 5.74) is 7.41. The van der Waals surface area contributed by atoms with Gasteiger partial charge in [0.1, 0.15) is 5.82 Å². The zero-order valence-corrected chi connectivity index (χ0v) is 20.4. The van der Waals surface area contributed by atoms with Gasteiger partial charge in [0.25, 0.3) is 11.8 Å². The molecule has 1 aliphatic rings. The Morgan fingerprint density at radius 2 is 1.94 bits per heavy atom. The molecular weight excluding hydrogens is 468 g/mol. The molecule has 11 heteroatoms. The number of piperidine rings is 1. The number of aryl methyl sites for hydroxylation is 1. The lowest BCUT2D eigenvalue weighted by Gasteiger charge is -2.38. The Balaban J connectivity index is 1.54. The molecule has 0 bridgehead atoms. The summed E-state index contributed by atoms with van der Waals surface area (Å²) < 4.78 is 31.3. The zero-order chi connectivity index (χ0) is 26.0. The SMILES string of the molecule is CN(C)c1ccc(C(=O)C[C@H]2CN(c3cnc(C(N)=O)c(Nc4ccn(C)c4)n3)CC(F)(F)C2)cc1. The maximum absolute atomic E-state index is 14.7. The third kappa shape index (κ3) is 5.78. The molecule has 36 heavy (non-hydrogen) atoms. The second-order valence-electron chi connectivity index (χ2n) is 9.36. The maximum atomic E-state index is 14.7. The zero-order valence-electron chi connectivity index (χ0n) is 20.4. The van der Waals surface area contributed by atoms with Crippen LogP contribution in [0.3, 0.4) is 0 Å². The van der Waals surface area contributed by atoms with Gasteiger partial charge in [0, 0.05) is 64.2 Å². The smallest absolute Gasteiger partial charge is 0.271 e. The van der Waals surface area contributed by atoms with Crippen LogP contribution in [0.4, 0.5) is 31.8 Å². The summed E-state index contributed by atoms with van der Waals surface area (Å²) in [5, 5.41) is 2.99. The minimum Gasteiger partial charge on any atom is -0.378 e. The van der Waals surface area contributed by atoms with Gasteiger partial charge in [0.05, 0.1) is 18.4 Å². The number of nitrogens with one attached hydrogen (secondary N) is 1. The molecule has 0 aliphatic carbocycles. The van der Waals surface area contributed by atoms with Crippen LogP contribution in [-0.4, -0.2) is 59.3 Å². The van der Waals surface area contributed by atoms with Crippen LogP contribution in [0.1, 0.15) is 33.7 Å². The number of aromatic nitrogens is 3. The van der Waals surface area contributed by atoms with Crippen molar-refractivity contribution in [1.82, 2.24) is 14.5 Å². The maximum Gasteiger partial charge on any atom is 0.271 e. The monoisotopic (exact) mass is 497 g/mol. The predicted octanol–water partition coefficient (Wildman–Crippen LogP) is 3.46. The van der Waals surface area contributed by atoms with E-state index in [-0.39, 0.29) is 36.1 Å². The average molecular weight is 498 g/mol. The van der Waals surface area contributed by atoms with Crippen LogP contribution >= 0.6 is 0 Å². The second-order valence-corrected chi connectivity index (χ2v) is 9.36. The van der Waals surface area contributed by atoms with E-state index in [9.17, 15) is 18.4 Å². The number of rotatable bonds is 8. The molecule has 0 radical (unpaired) electrons. The number of carbonyl (C=O) groups is 2. The van der Waals surface area contributed by atoms with Crippen molar-refractivity contribution < 1.29 is 18.4 Å². The van der Waals surface area contributed by atoms with Crippen molar-refractivity contribution in [3.05, 3.63) is 60.2 Å². The van der Waals surface area contributed by atoms with E-state index < -0.39 is 30.7 Å². The molecule has 0 unspecified atom stereocenters. The lowest BCUT2D eigenvalue weighted by molar-refractivity contribution is -0.0293. The van der Waals surface area contributed by atoms with Crippen LogP contribution in [-0.2, 0) is 7.05 Å². The number of nitrogens with zero attached hydrogens (tertiary/aromatic N) is 5. The second kappa shape index (κ2) is 9.92. The van der Waals surface area contributed by atoms with Gasteiger partial charge in [-0.15, -0.1) is 0 Å². The molecule has 1 aromatic carbocycles. The van der Waals surface area contributed by atoms with Crippen LogP contribution in [0.2, 0.25) is 0 Å². The number of carbonyl (C=O) groups excluding carboxylic acids is 2. The van der Waals surface area contributed by atoms with E-state index in [4.69, 9.17) is 5.73 Å². The lowest BCUT2D eigenvalue weighted by Crippen LogP contribution is -2.48. The van der Waals surface area contributed by atoms with Gasteiger partial charge >= 0.3 is 0 Å². The van der Waals surface area contributed by atoms with E-state index in [0.717, 1.165) is 5.69 Å². The molecule has 1 saturated heterocycles. The third-order valence-electron chi connectivity index (χ3n) is 6.08. The molecule has 1 fully saturated rings. The fourth-order valence-corrected chi connectivity index (χ4v) is 4.36. The van der Waals surface area contributed by atoms with Gasteiger partial charge in [-0.1, -0.05) is 0 Å². The Hall–Kier alpha value is -4.02. The summed E-state index contributed by atoms with van der Waals surface area (Å²) in [6.07, 6.45) is 4.41. The van der Waals surface area contributed by atoms with Crippen LogP contribution in [0.25, 0.3) is 0 Å². The summed E-state index contributed by atoms with van der Waals surface area (Å²) >= 11 is 0. The molecular formula is C25H29F2N7O2. The van der Waals surface area contributed by atoms with Gasteiger partial charge in [0.2, 0.25) is 0 Å². The highest BCUT2D eigenvalue weighted by atomic mass is 19.3. The number of nitrogens with two attached hydrogens (primary N) is 1. The van der Waals surface area contributed by atoms with Gasteiger partial charge in [-0.25, -0.2) is 18.7 Å². The first-order valence-corrected chi connectivity index (χ1v) is 11.5. The summed E-state index contributed by atoms with van der Waals surface area (Å²) in [6.45, 7) is -0.364. The van der Waals surface area contributed by atoms with Gasteiger partial charge in [-0.2, -0.15) is 0 Å². The highest BCUT2D eigenvalue weighted by Crippen LogP contribution is 2.35. The third-order valence-corrected chi connectivity index (χ3v) is 6.08. The number of ketones is 1. The first-order chi connectivity index (χ1) is 17.0. The van der Waals surface area contributed by atoms with Crippen LogP contribution < -0.4 is 20.9 Å². The molecule has 2 aromatic heterocycles. The van der Waals surface area contributed by atoms with E-state index in [1.165, 1.54) is 11.1 Å². The number of halogens is 2. The fraction of sp³-hybridized carbons (Fsp3) is 0.360. The van der Waals surface area contributed by atoms with Crippen LogP contribution in [0.15, 0.2) is 48.9 Å². The predicted molar refractivity (Wildman–Crippen MR) is 134 cm³/mol. The first-order valence-electron chi connectivity index (χ1n) is 11.5. The minimum absolute atomic E-state index is 0.0185. The van der Waals surface area contributed by atoms with Crippen molar-refractivity contribution >= 4 is 34.7 Å². The number of primary amides is 1. The minimum atomic E-state index is -3.02. The molecule has 0 saturated carbocycles. The van der Waals surface area contributed by atoms with Crippen molar-refractivity contribution in [2.75, 3.05) is 42.3 Å². The Morgan fingerprint density at radius 3 is 2.56 bits per heavy atom. The Bertz CT molecular complexity index is 1260. The van der Waals surface area contributed by atoms with Crippen molar-refractivity contribution in [1.29, 1.82) is 0 Å². The summed E-state index contributed by atoms with van der Waals surface area (Å²) in [4.78, 5) is 36.6. The first kappa shape index (κ1) is 25.1. The molecule has 0 spiro atoms. The molecule has 3 aromatic rings. The summed E-state index contributed by atoms with van der Waals surface area (Å²) in [6, 6.07) is 8.84. The average Bonchev–Trinajstić information content (AvgIpc) is 3.22. The molecule has 3 N–H and O–H groups in total. The van der Waals surface area contributed by atoms with E-state index in [2.05, 4.69) is 15.3 Å². The standard InChI is InChI=1S/C25H29F2N7O2/c1-32(2)19-6-4-17(5-7-19)20(35)10-16-11-25(26,27)15-34(13-16)21-12-29-22(23(28)36)24(31-21)30-18-8-9-33(3)14-18/h4-9,12,14,16H,10-11,13,15H2,1-3H3,(H2,28,36)(H,30,31)/t16-/m1/s1. The number of alkyl halides is 2. The summed E-state index contributed by atoms with van der Waals surface area (Å²) in [5.74, 6) is -4.34. The number of anilines is 4. The molecule has 3 heterocycles. The number of hydrogen-bond donors (Lipinski definition) is 2. The Kier molecular flexibility index (Phi) is 6.91. The number of benzene rings is 1. The van der Waals surface area contributed by atoms with Gasteiger partial charge in [0.15, 0.2) is 17.3 Å². The van der Waals surface area contributed by atoms with Gasteiger partial charge in [-0.3, -0.25) is 9.59 Å². The van der Waals surface area contributed by atoms with Gasteiger partial charge in [-0.05, 0) is 36.2 Å². The van der Waals surface area contributed by atoms with Crippen molar-refractivity contribution in [3.8, 4) is 0 Å². The normalized spacial score (nSPS) is 17.0. The Labute approximate surface area is 207 Å². The molecule has 9 nitrogen and oxygen atoms in total. The molecule has 190 valence electrons. The molecule has 1 amide bonds. The summed E-state index contributed by atoms with van der Waals surface area (Å²) in [7, 11) is 5.63. The van der Waals surface area contributed by atoms with Crippen molar-refractivity contribution in [2.45, 2.75) is 18.8 Å². The van der Waals surface area contributed by atoms with Crippen molar-refractivity contribution in [2.24, 2.45) is 18.7 Å². The molecule has 1 aliphatic heterocycles. The number of amides is 1. The lowest BCUT2D eigenvalue weighted by atomic mass is 9.89. The topological polar surface area (TPSA) is 109 Å². The highest BCUT2D eigenvalue weighted by Gasteiger charge is 2.41. The van der Waals surface area contributed by atoms with Gasteiger partial charge < -0.3 is 25.4 Å². The Morgan fingerprint density at radius 1 is 1.22 bits per heavy atom. The van der Waals surface area contributed by atoms with Crippen molar-refractivity contribution in [3.63, 3.8) is 0 Å². The quantitative estimate of drug-likeness (QED) is 0.459. The molecule has 1 atom stereocenters. The van der Waals surface area contributed by atoms with E-state index in [1.54, 1.807) is 35.2 Å². The van der Waals surface area contributed by atoms with Crippen LogP contribution in [0, 0.1) is 5.92 Å². The largest absolute Gasteiger partial charge is 0.378 e.